The van der Waals surface area contributed by atoms with Crippen LogP contribution in [0.4, 0.5) is 16.2 Å². The normalized spacial score (nSPS) is 15.2. The van der Waals surface area contributed by atoms with Crippen LogP contribution >= 0.6 is 15.9 Å². The second kappa shape index (κ2) is 8.56. The average molecular weight is 490 g/mol. The molecule has 11 heteroatoms. The smallest absolute Gasteiger partial charge is 0.335 e. The number of hydrogen-bond donors (Lipinski definition) is 1. The molecule has 1 saturated heterocycles. The Balaban J connectivity index is 2.13. The summed E-state index contributed by atoms with van der Waals surface area (Å²) in [5.41, 5.74) is 0.352. The van der Waals surface area contributed by atoms with Crippen LogP contribution < -0.4 is 19.7 Å². The van der Waals surface area contributed by atoms with Gasteiger partial charge < -0.3 is 9.47 Å². The maximum absolute atomic E-state index is 13.1. The van der Waals surface area contributed by atoms with E-state index in [9.17, 15) is 24.5 Å². The number of hydrogen-bond acceptors (Lipinski definition) is 7. The number of halogens is 1. The fraction of sp³-hybridized carbons (Fsp3) is 0.150. The van der Waals surface area contributed by atoms with Crippen LogP contribution in [0.25, 0.3) is 6.08 Å². The summed E-state index contributed by atoms with van der Waals surface area (Å²) in [6.07, 6.45) is 1.13. The van der Waals surface area contributed by atoms with Crippen molar-refractivity contribution in [3.8, 4) is 11.5 Å². The van der Waals surface area contributed by atoms with Crippen LogP contribution in [0.5, 0.6) is 11.5 Å². The Morgan fingerprint density at radius 2 is 1.77 bits per heavy atom. The summed E-state index contributed by atoms with van der Waals surface area (Å²) in [5, 5.41) is 13.5. The van der Waals surface area contributed by atoms with Gasteiger partial charge in [0.05, 0.1) is 24.8 Å². The van der Waals surface area contributed by atoms with E-state index >= 15 is 0 Å². The highest BCUT2D eigenvalue weighted by Crippen LogP contribution is 2.36. The molecule has 1 aliphatic heterocycles. The summed E-state index contributed by atoms with van der Waals surface area (Å²) in [6.45, 7) is 1.78. The van der Waals surface area contributed by atoms with E-state index in [0.29, 0.717) is 0 Å². The van der Waals surface area contributed by atoms with Crippen LogP contribution in [0, 0.1) is 17.0 Å². The average Bonchev–Trinajstić information content (AvgIpc) is 2.72. The third-order valence-corrected chi connectivity index (χ3v) is 5.42. The summed E-state index contributed by atoms with van der Waals surface area (Å²) >= 11 is 3.35. The molecule has 0 radical (unpaired) electrons. The second-order valence-corrected chi connectivity index (χ2v) is 7.27. The molecule has 0 aliphatic carbocycles. The topological polar surface area (TPSA) is 128 Å². The van der Waals surface area contributed by atoms with Gasteiger partial charge in [-0.1, -0.05) is 15.9 Å². The Morgan fingerprint density at radius 1 is 1.10 bits per heavy atom. The van der Waals surface area contributed by atoms with Gasteiger partial charge in [0.1, 0.15) is 11.3 Å². The van der Waals surface area contributed by atoms with Crippen LogP contribution in [0.15, 0.2) is 40.4 Å². The molecule has 0 bridgehead atoms. The molecule has 1 heterocycles. The molecule has 1 aliphatic rings. The molecule has 31 heavy (non-hydrogen) atoms. The molecule has 10 nitrogen and oxygen atoms in total. The lowest BCUT2D eigenvalue weighted by atomic mass is 10.0. The number of carbonyl (C=O) groups excluding carboxylic acids is 3. The molecule has 0 atom stereocenters. The minimum absolute atomic E-state index is 0.0504. The molecule has 0 aromatic heterocycles. The van der Waals surface area contributed by atoms with Crippen molar-refractivity contribution in [2.45, 2.75) is 6.92 Å². The Kier molecular flexibility index (Phi) is 6.07. The minimum Gasteiger partial charge on any atom is -0.496 e. The number of amides is 4. The first-order chi connectivity index (χ1) is 14.7. The first-order valence-electron chi connectivity index (χ1n) is 8.76. The zero-order valence-corrected chi connectivity index (χ0v) is 18.2. The number of nitrogens with one attached hydrogen (secondary N) is 1. The van der Waals surface area contributed by atoms with E-state index in [4.69, 9.17) is 9.47 Å². The molecule has 0 spiro atoms. The van der Waals surface area contributed by atoms with Gasteiger partial charge in [0.15, 0.2) is 0 Å². The van der Waals surface area contributed by atoms with Gasteiger partial charge >= 0.3 is 11.7 Å². The van der Waals surface area contributed by atoms with Crippen LogP contribution in [0.2, 0.25) is 0 Å². The van der Waals surface area contributed by atoms with Crippen molar-refractivity contribution in [3.63, 3.8) is 0 Å². The molecule has 1 fully saturated rings. The van der Waals surface area contributed by atoms with Crippen molar-refractivity contribution >= 4 is 51.2 Å². The van der Waals surface area contributed by atoms with Crippen LogP contribution in [-0.2, 0) is 9.59 Å². The summed E-state index contributed by atoms with van der Waals surface area (Å²) in [4.78, 5) is 49.3. The SMILES string of the molecule is COc1cc(OC)c([N+](=O)[O-])cc1/C=C1\C(=O)NC(=O)N(c2ccc(Br)c(C)c2)C1=O. The zero-order chi connectivity index (χ0) is 22.9. The molecular formula is C20H16BrN3O7. The van der Waals surface area contributed by atoms with Crippen molar-refractivity contribution in [2.75, 3.05) is 19.1 Å². The number of nitrogens with zero attached hydrogens (tertiary/aromatic N) is 2. The number of carbonyl (C=O) groups is 3. The van der Waals surface area contributed by atoms with Crippen molar-refractivity contribution in [1.29, 1.82) is 0 Å². The van der Waals surface area contributed by atoms with Gasteiger partial charge in [-0.05, 0) is 36.8 Å². The number of benzene rings is 2. The zero-order valence-electron chi connectivity index (χ0n) is 16.6. The first-order valence-corrected chi connectivity index (χ1v) is 9.55. The molecule has 160 valence electrons. The second-order valence-electron chi connectivity index (χ2n) is 6.41. The number of nitro benzene ring substituents is 1. The molecule has 1 N–H and O–H groups in total. The maximum atomic E-state index is 13.1. The van der Waals surface area contributed by atoms with Crippen LogP contribution in [0.3, 0.4) is 0 Å². The van der Waals surface area contributed by atoms with E-state index in [0.717, 1.165) is 27.1 Å². The van der Waals surface area contributed by atoms with Gasteiger partial charge in [-0.15, -0.1) is 0 Å². The van der Waals surface area contributed by atoms with E-state index in [1.165, 1.54) is 20.3 Å². The van der Waals surface area contributed by atoms with Gasteiger partial charge in [0.25, 0.3) is 11.8 Å². The third kappa shape index (κ3) is 4.12. The van der Waals surface area contributed by atoms with Crippen molar-refractivity contribution in [1.82, 2.24) is 5.32 Å². The highest BCUT2D eigenvalue weighted by molar-refractivity contribution is 9.10. The Morgan fingerprint density at radius 3 is 2.35 bits per heavy atom. The quantitative estimate of drug-likeness (QED) is 0.295. The number of barbiturate groups is 1. The van der Waals surface area contributed by atoms with Gasteiger partial charge in [0.2, 0.25) is 5.75 Å². The molecule has 2 aromatic carbocycles. The summed E-state index contributed by atoms with van der Waals surface area (Å²) in [6, 6.07) is 6.31. The van der Waals surface area contributed by atoms with Crippen LogP contribution in [0.1, 0.15) is 11.1 Å². The largest absolute Gasteiger partial charge is 0.496 e. The van der Waals surface area contributed by atoms with Gasteiger partial charge in [-0.25, -0.2) is 9.69 Å². The number of methoxy groups -OCH3 is 2. The molecule has 2 aromatic rings. The molecule has 4 amide bonds. The standard InChI is InChI=1S/C20H16BrN3O7/c1-10-6-12(4-5-14(10)21)23-19(26)13(18(25)22-20(23)27)7-11-8-15(24(28)29)17(31-3)9-16(11)30-2/h4-9H,1-3H3,(H,22,25,27)/b13-7+. The molecular weight excluding hydrogens is 474 g/mol. The lowest BCUT2D eigenvalue weighted by Gasteiger charge is -2.26. The lowest BCUT2D eigenvalue weighted by Crippen LogP contribution is -2.54. The Labute approximate surface area is 184 Å². The molecule has 3 rings (SSSR count). The van der Waals surface area contributed by atoms with Gasteiger partial charge in [0, 0.05) is 22.2 Å². The number of rotatable bonds is 5. The van der Waals surface area contributed by atoms with Crippen molar-refractivity contribution in [3.05, 3.63) is 61.6 Å². The Hall–Kier alpha value is -3.73. The highest BCUT2D eigenvalue weighted by atomic mass is 79.9. The summed E-state index contributed by atoms with van der Waals surface area (Å²) < 4.78 is 11.0. The molecule has 0 saturated carbocycles. The number of anilines is 1. The predicted molar refractivity (Wildman–Crippen MR) is 114 cm³/mol. The van der Waals surface area contributed by atoms with Crippen molar-refractivity contribution in [2.24, 2.45) is 0 Å². The fourth-order valence-corrected chi connectivity index (χ4v) is 3.22. The monoisotopic (exact) mass is 489 g/mol. The number of urea groups is 1. The highest BCUT2D eigenvalue weighted by Gasteiger charge is 2.37. The van der Waals surface area contributed by atoms with E-state index in [1.807, 2.05) is 0 Å². The van der Waals surface area contributed by atoms with Crippen LogP contribution in [-0.4, -0.2) is 37.0 Å². The van der Waals surface area contributed by atoms with Gasteiger partial charge in [-0.2, -0.15) is 0 Å². The van der Waals surface area contributed by atoms with Gasteiger partial charge in [-0.3, -0.25) is 25.0 Å². The van der Waals surface area contributed by atoms with E-state index < -0.39 is 28.3 Å². The first kappa shape index (κ1) is 22.0. The number of aryl methyl sites for hydroxylation is 1. The number of ether oxygens (including phenoxy) is 2. The Bertz CT molecular complexity index is 1160. The summed E-state index contributed by atoms with van der Waals surface area (Å²) in [7, 11) is 2.59. The number of nitro groups is 1. The fourth-order valence-electron chi connectivity index (χ4n) is 2.98. The lowest BCUT2D eigenvalue weighted by molar-refractivity contribution is -0.385. The summed E-state index contributed by atoms with van der Waals surface area (Å²) in [5.74, 6) is -1.72. The maximum Gasteiger partial charge on any atom is 0.335 e. The van der Waals surface area contributed by atoms with Crippen molar-refractivity contribution < 1.29 is 28.8 Å². The minimum atomic E-state index is -0.930. The van der Waals surface area contributed by atoms with E-state index in [1.54, 1.807) is 25.1 Å². The number of imide groups is 2. The molecule has 0 unspecified atom stereocenters. The van der Waals surface area contributed by atoms with E-state index in [2.05, 4.69) is 21.2 Å². The third-order valence-electron chi connectivity index (χ3n) is 4.53. The van der Waals surface area contributed by atoms with E-state index in [-0.39, 0.29) is 28.4 Å². The predicted octanol–water partition coefficient (Wildman–Crippen LogP) is 3.35.